The summed E-state index contributed by atoms with van der Waals surface area (Å²) in [6, 6.07) is -0.170. The van der Waals surface area contributed by atoms with Gasteiger partial charge in [0, 0.05) is 0 Å². The minimum atomic E-state index is -0.170. The summed E-state index contributed by atoms with van der Waals surface area (Å²) in [5.41, 5.74) is 0. The summed E-state index contributed by atoms with van der Waals surface area (Å²) in [7, 11) is 2.11. The molecule has 0 radical (unpaired) electrons. The van der Waals surface area contributed by atoms with E-state index < -0.39 is 0 Å². The summed E-state index contributed by atoms with van der Waals surface area (Å²) >= 11 is 0. The maximum absolute atomic E-state index is 11.7. The van der Waals surface area contributed by atoms with Gasteiger partial charge in [-0.05, 0) is 52.4 Å². The molecule has 1 unspecified atom stereocenters. The fourth-order valence-corrected chi connectivity index (χ4v) is 1.73. The fourth-order valence-electron chi connectivity index (χ4n) is 1.73. The first-order chi connectivity index (χ1) is 8.51. The molecule has 18 heavy (non-hydrogen) atoms. The predicted octanol–water partition coefficient (Wildman–Crippen LogP) is 1.90. The molecule has 0 aliphatic rings. The normalized spacial score (nSPS) is 13.1. The zero-order valence-electron chi connectivity index (χ0n) is 12.7. The van der Waals surface area contributed by atoms with Gasteiger partial charge in [0.15, 0.2) is 0 Å². The molecule has 4 nitrogen and oxygen atoms in total. The summed E-state index contributed by atoms with van der Waals surface area (Å²) < 4.78 is 5.07. The lowest BCUT2D eigenvalue weighted by molar-refractivity contribution is -0.145. The molecular formula is C14H30N2O2. The molecule has 0 aromatic carbocycles. The second kappa shape index (κ2) is 10.3. The third-order valence-corrected chi connectivity index (χ3v) is 2.91. The van der Waals surface area contributed by atoms with Crippen LogP contribution in [0.25, 0.3) is 0 Å². The predicted molar refractivity (Wildman–Crippen MR) is 75.7 cm³/mol. The maximum Gasteiger partial charge on any atom is 0.323 e. The van der Waals surface area contributed by atoms with Gasteiger partial charge in [-0.25, -0.2) is 0 Å². The summed E-state index contributed by atoms with van der Waals surface area (Å²) in [5.74, 6) is 0.596. The second-order valence-electron chi connectivity index (χ2n) is 5.14. The van der Waals surface area contributed by atoms with Gasteiger partial charge >= 0.3 is 5.97 Å². The van der Waals surface area contributed by atoms with Crippen LogP contribution in [0, 0.1) is 5.92 Å². The quantitative estimate of drug-likeness (QED) is 0.608. The molecule has 0 rings (SSSR count). The van der Waals surface area contributed by atoms with Gasteiger partial charge in [-0.15, -0.1) is 0 Å². The monoisotopic (exact) mass is 258 g/mol. The molecule has 0 fully saturated rings. The van der Waals surface area contributed by atoms with Crippen molar-refractivity contribution in [2.45, 2.75) is 46.6 Å². The molecule has 0 amide bonds. The molecule has 0 aromatic rings. The molecule has 0 saturated heterocycles. The van der Waals surface area contributed by atoms with E-state index >= 15 is 0 Å². The van der Waals surface area contributed by atoms with Gasteiger partial charge < -0.3 is 15.0 Å². The van der Waals surface area contributed by atoms with Crippen molar-refractivity contribution in [2.75, 3.05) is 33.3 Å². The van der Waals surface area contributed by atoms with Crippen LogP contribution in [-0.2, 0) is 9.53 Å². The van der Waals surface area contributed by atoms with Crippen molar-refractivity contribution in [1.29, 1.82) is 0 Å². The average molecular weight is 258 g/mol. The van der Waals surface area contributed by atoms with Crippen LogP contribution in [0.3, 0.4) is 0 Å². The Morgan fingerprint density at radius 2 is 1.83 bits per heavy atom. The summed E-state index contributed by atoms with van der Waals surface area (Å²) in [6.07, 6.45) is 2.00. The molecule has 0 aliphatic heterocycles. The molecule has 108 valence electrons. The molecule has 0 saturated carbocycles. The highest BCUT2D eigenvalue weighted by atomic mass is 16.5. The van der Waals surface area contributed by atoms with Gasteiger partial charge in [-0.3, -0.25) is 4.79 Å². The largest absolute Gasteiger partial charge is 0.465 e. The Hall–Kier alpha value is -0.610. The number of carbonyl (C=O) groups excluding carboxylic acids is 1. The van der Waals surface area contributed by atoms with E-state index in [0.717, 1.165) is 32.0 Å². The van der Waals surface area contributed by atoms with Crippen LogP contribution >= 0.6 is 0 Å². The van der Waals surface area contributed by atoms with E-state index in [1.165, 1.54) is 6.42 Å². The lowest BCUT2D eigenvalue weighted by atomic mass is 10.1. The first-order valence-corrected chi connectivity index (χ1v) is 7.09. The minimum Gasteiger partial charge on any atom is -0.465 e. The lowest BCUT2D eigenvalue weighted by Crippen LogP contribution is -2.40. The zero-order chi connectivity index (χ0) is 14.0. The Bertz CT molecular complexity index is 220. The summed E-state index contributed by atoms with van der Waals surface area (Å²) in [6.45, 7) is 11.6. The molecule has 0 heterocycles. The van der Waals surface area contributed by atoms with E-state index in [4.69, 9.17) is 4.74 Å². The van der Waals surface area contributed by atoms with Crippen LogP contribution in [0.15, 0.2) is 0 Å². The molecule has 0 spiro atoms. The SMILES string of the molecule is CCNC(CCN(C)CCC(C)C)C(=O)OCC. The number of hydrogen-bond acceptors (Lipinski definition) is 4. The van der Waals surface area contributed by atoms with E-state index in [-0.39, 0.29) is 12.0 Å². The van der Waals surface area contributed by atoms with Crippen molar-refractivity contribution >= 4 is 5.97 Å². The number of esters is 1. The van der Waals surface area contributed by atoms with E-state index in [9.17, 15) is 4.79 Å². The Morgan fingerprint density at radius 1 is 1.22 bits per heavy atom. The number of likely N-dealkylation sites (N-methyl/N-ethyl adjacent to an activating group) is 1. The van der Waals surface area contributed by atoms with Crippen LogP contribution in [-0.4, -0.2) is 50.2 Å². The highest BCUT2D eigenvalue weighted by molar-refractivity contribution is 5.75. The van der Waals surface area contributed by atoms with Crippen LogP contribution in [0.1, 0.15) is 40.5 Å². The summed E-state index contributed by atoms with van der Waals surface area (Å²) in [4.78, 5) is 14.0. The van der Waals surface area contributed by atoms with Crippen LogP contribution < -0.4 is 5.32 Å². The number of rotatable bonds is 10. The lowest BCUT2D eigenvalue weighted by Gasteiger charge is -2.21. The van der Waals surface area contributed by atoms with E-state index in [1.54, 1.807) is 0 Å². The molecule has 1 atom stereocenters. The van der Waals surface area contributed by atoms with Crippen molar-refractivity contribution in [3.63, 3.8) is 0 Å². The third kappa shape index (κ3) is 8.48. The topological polar surface area (TPSA) is 41.6 Å². The van der Waals surface area contributed by atoms with Crippen LogP contribution in [0.4, 0.5) is 0 Å². The number of carbonyl (C=O) groups is 1. The highest BCUT2D eigenvalue weighted by Gasteiger charge is 2.18. The smallest absolute Gasteiger partial charge is 0.323 e. The van der Waals surface area contributed by atoms with Crippen molar-refractivity contribution in [3.05, 3.63) is 0 Å². The Kier molecular flexibility index (Phi) is 9.98. The molecule has 1 N–H and O–H groups in total. The second-order valence-corrected chi connectivity index (χ2v) is 5.14. The number of hydrogen-bond donors (Lipinski definition) is 1. The van der Waals surface area contributed by atoms with Crippen molar-refractivity contribution in [1.82, 2.24) is 10.2 Å². The van der Waals surface area contributed by atoms with Gasteiger partial charge in [0.25, 0.3) is 0 Å². The zero-order valence-corrected chi connectivity index (χ0v) is 12.7. The van der Waals surface area contributed by atoms with Gasteiger partial charge in [0.1, 0.15) is 6.04 Å². The molecule has 0 bridgehead atoms. The van der Waals surface area contributed by atoms with Gasteiger partial charge in [-0.1, -0.05) is 20.8 Å². The van der Waals surface area contributed by atoms with E-state index in [0.29, 0.717) is 6.61 Å². The van der Waals surface area contributed by atoms with E-state index in [2.05, 4.69) is 31.1 Å². The van der Waals surface area contributed by atoms with Crippen LogP contribution in [0.2, 0.25) is 0 Å². The average Bonchev–Trinajstić information content (AvgIpc) is 2.32. The molecular weight excluding hydrogens is 228 g/mol. The molecule has 0 aromatic heterocycles. The van der Waals surface area contributed by atoms with Crippen LogP contribution in [0.5, 0.6) is 0 Å². The number of nitrogens with one attached hydrogen (secondary N) is 1. The molecule has 0 aliphatic carbocycles. The first kappa shape index (κ1) is 17.4. The Morgan fingerprint density at radius 3 is 2.33 bits per heavy atom. The van der Waals surface area contributed by atoms with Gasteiger partial charge in [0.05, 0.1) is 6.61 Å². The number of nitrogens with zero attached hydrogens (tertiary/aromatic N) is 1. The van der Waals surface area contributed by atoms with E-state index in [1.807, 2.05) is 13.8 Å². The molecule has 4 heteroatoms. The first-order valence-electron chi connectivity index (χ1n) is 7.09. The van der Waals surface area contributed by atoms with Gasteiger partial charge in [-0.2, -0.15) is 0 Å². The minimum absolute atomic E-state index is 0.128. The Labute approximate surface area is 112 Å². The fraction of sp³-hybridized carbons (Fsp3) is 0.929. The van der Waals surface area contributed by atoms with Crippen molar-refractivity contribution < 1.29 is 9.53 Å². The van der Waals surface area contributed by atoms with Crippen molar-refractivity contribution in [2.24, 2.45) is 5.92 Å². The van der Waals surface area contributed by atoms with Crippen molar-refractivity contribution in [3.8, 4) is 0 Å². The standard InChI is InChI=1S/C14H30N2O2/c1-6-15-13(14(17)18-7-2)9-11-16(5)10-8-12(3)4/h12-13,15H,6-11H2,1-5H3. The van der Waals surface area contributed by atoms with Gasteiger partial charge in [0.2, 0.25) is 0 Å². The Balaban J connectivity index is 3.98. The number of ether oxygens (including phenoxy) is 1. The third-order valence-electron chi connectivity index (χ3n) is 2.91. The maximum atomic E-state index is 11.7. The summed E-state index contributed by atoms with van der Waals surface area (Å²) in [5, 5.41) is 3.19. The highest BCUT2D eigenvalue weighted by Crippen LogP contribution is 2.03.